The maximum Gasteiger partial charge on any atom is 0.172 e. The van der Waals surface area contributed by atoms with Crippen molar-refractivity contribution in [2.45, 2.75) is 43.2 Å². The first-order valence-electron chi connectivity index (χ1n) is 10.8. The van der Waals surface area contributed by atoms with Gasteiger partial charge in [0.15, 0.2) is 5.78 Å². The minimum atomic E-state index is -0.907. The molecule has 3 aliphatic carbocycles. The van der Waals surface area contributed by atoms with E-state index in [0.29, 0.717) is 0 Å². The fourth-order valence-corrected chi connectivity index (χ4v) is 6.55. The summed E-state index contributed by atoms with van der Waals surface area (Å²) in [5.74, 6) is -0.0972. The fraction of sp³-hybridized carbons (Fsp3) is 0.423. The molecule has 0 spiro atoms. The lowest BCUT2D eigenvalue weighted by Crippen LogP contribution is -2.53. The summed E-state index contributed by atoms with van der Waals surface area (Å²) in [5.41, 5.74) is 2.59. The minimum absolute atomic E-state index is 0.121. The van der Waals surface area contributed by atoms with Crippen LogP contribution in [0.1, 0.15) is 43.2 Å². The largest absolute Gasteiger partial charge is 0.389 e. The van der Waals surface area contributed by atoms with Crippen LogP contribution in [0.4, 0.5) is 0 Å². The summed E-state index contributed by atoms with van der Waals surface area (Å²) in [6.07, 6.45) is 4.73. The highest BCUT2D eigenvalue weighted by atomic mass is 16.3. The van der Waals surface area contributed by atoms with Crippen LogP contribution in [0, 0.1) is 11.8 Å². The first kappa shape index (κ1) is 18.8. The smallest absolute Gasteiger partial charge is 0.172 e. The van der Waals surface area contributed by atoms with Gasteiger partial charge in [-0.25, -0.2) is 0 Å². The van der Waals surface area contributed by atoms with E-state index in [0.717, 1.165) is 54.4 Å². The maximum atomic E-state index is 14.1. The second-order valence-corrected chi connectivity index (χ2v) is 9.24. The molecule has 0 aromatic heterocycles. The molecule has 0 unspecified atom stereocenters. The van der Waals surface area contributed by atoms with Crippen molar-refractivity contribution in [3.05, 3.63) is 71.8 Å². The van der Waals surface area contributed by atoms with Gasteiger partial charge in [0.05, 0.1) is 17.1 Å². The first-order valence-corrected chi connectivity index (χ1v) is 10.8. The van der Waals surface area contributed by atoms with Crippen molar-refractivity contribution in [1.82, 2.24) is 4.90 Å². The molecule has 2 aromatic carbocycles. The zero-order valence-electron chi connectivity index (χ0n) is 17.3. The van der Waals surface area contributed by atoms with Gasteiger partial charge in [0.2, 0.25) is 0 Å². The fourth-order valence-electron chi connectivity index (χ4n) is 6.55. The third-order valence-corrected chi connectivity index (χ3v) is 7.74. The molecule has 2 fully saturated rings. The number of benzene rings is 2. The molecule has 3 heteroatoms. The van der Waals surface area contributed by atoms with Crippen LogP contribution in [0.2, 0.25) is 0 Å². The number of allylic oxidation sites excluding steroid dienone is 1. The van der Waals surface area contributed by atoms with Gasteiger partial charge in [-0.2, -0.15) is 0 Å². The van der Waals surface area contributed by atoms with Gasteiger partial charge in [-0.3, -0.25) is 9.69 Å². The Hall–Kier alpha value is -2.23. The van der Waals surface area contributed by atoms with Crippen LogP contribution < -0.4 is 0 Å². The van der Waals surface area contributed by atoms with Crippen LogP contribution in [0.3, 0.4) is 0 Å². The number of carbonyl (C=O) groups excluding carboxylic acids is 1. The van der Waals surface area contributed by atoms with Gasteiger partial charge >= 0.3 is 0 Å². The Morgan fingerprint density at radius 3 is 2.17 bits per heavy atom. The van der Waals surface area contributed by atoms with Crippen LogP contribution in [0.5, 0.6) is 0 Å². The summed E-state index contributed by atoms with van der Waals surface area (Å²) in [6, 6.07) is 20.4. The van der Waals surface area contributed by atoms with Crippen LogP contribution in [-0.2, 0) is 4.79 Å². The molecular weight excluding hydrogens is 358 g/mol. The molecule has 29 heavy (non-hydrogen) atoms. The standard InChI is InChI=1S/C26H29NO2/c1-27(2)25-17-20-15-9-10-16-26(20,29)24(25)23(28)21(18-11-5-3-6-12-18)22(25)19-13-7-4-8-14-19/h3-8,11-14,20,24,29H,9-10,15-17H2,1-2H3/t20-,24+,25+,26+/m0/s1. The van der Waals surface area contributed by atoms with Crippen molar-refractivity contribution in [3.63, 3.8) is 0 Å². The lowest BCUT2D eigenvalue weighted by molar-refractivity contribution is -0.132. The van der Waals surface area contributed by atoms with E-state index in [1.165, 1.54) is 0 Å². The highest BCUT2D eigenvalue weighted by Gasteiger charge is 2.70. The molecule has 0 amide bonds. The minimum Gasteiger partial charge on any atom is -0.389 e. The maximum absolute atomic E-state index is 14.1. The van der Waals surface area contributed by atoms with E-state index in [1.54, 1.807) is 0 Å². The van der Waals surface area contributed by atoms with E-state index in [-0.39, 0.29) is 11.7 Å². The van der Waals surface area contributed by atoms with Crippen molar-refractivity contribution in [2.75, 3.05) is 14.1 Å². The molecule has 5 rings (SSSR count). The second kappa shape index (κ2) is 6.65. The van der Waals surface area contributed by atoms with E-state index in [9.17, 15) is 9.90 Å². The summed E-state index contributed by atoms with van der Waals surface area (Å²) < 4.78 is 0. The van der Waals surface area contributed by atoms with Crippen LogP contribution in [-0.4, -0.2) is 41.0 Å². The zero-order valence-corrected chi connectivity index (χ0v) is 17.3. The van der Waals surface area contributed by atoms with E-state index < -0.39 is 17.1 Å². The summed E-state index contributed by atoms with van der Waals surface area (Å²) in [7, 11) is 4.16. The Kier molecular flexibility index (Phi) is 4.30. The quantitative estimate of drug-likeness (QED) is 0.847. The molecule has 0 saturated heterocycles. The summed E-state index contributed by atoms with van der Waals surface area (Å²) in [4.78, 5) is 16.3. The van der Waals surface area contributed by atoms with Crippen molar-refractivity contribution < 1.29 is 9.90 Å². The van der Waals surface area contributed by atoms with Gasteiger partial charge in [-0.1, -0.05) is 73.5 Å². The molecule has 0 radical (unpaired) electrons. The predicted molar refractivity (Wildman–Crippen MR) is 116 cm³/mol. The summed E-state index contributed by atoms with van der Waals surface area (Å²) in [5, 5.41) is 11.9. The molecule has 150 valence electrons. The molecule has 4 atom stereocenters. The molecule has 3 nitrogen and oxygen atoms in total. The van der Waals surface area contributed by atoms with Gasteiger partial charge in [-0.15, -0.1) is 0 Å². The Labute approximate surface area is 173 Å². The molecule has 1 N–H and O–H groups in total. The van der Waals surface area contributed by atoms with Crippen LogP contribution in [0.15, 0.2) is 60.7 Å². The van der Waals surface area contributed by atoms with Crippen LogP contribution in [0.25, 0.3) is 11.1 Å². The Morgan fingerprint density at radius 1 is 0.931 bits per heavy atom. The average Bonchev–Trinajstić information content (AvgIpc) is 3.17. The van der Waals surface area contributed by atoms with Crippen molar-refractivity contribution in [1.29, 1.82) is 0 Å². The van der Waals surface area contributed by atoms with Gasteiger partial charge in [0.25, 0.3) is 0 Å². The van der Waals surface area contributed by atoms with Crippen molar-refractivity contribution >= 4 is 16.9 Å². The lowest BCUT2D eigenvalue weighted by atomic mass is 9.71. The third-order valence-electron chi connectivity index (χ3n) is 7.74. The number of hydrogen-bond donors (Lipinski definition) is 1. The Balaban J connectivity index is 1.82. The highest BCUT2D eigenvalue weighted by molar-refractivity contribution is 6.34. The number of Topliss-reactive ketones (excluding diaryl/α,β-unsaturated/α-hetero) is 1. The van der Waals surface area contributed by atoms with Crippen LogP contribution >= 0.6 is 0 Å². The number of likely N-dealkylation sites (N-methyl/N-ethyl adjacent to an activating group) is 1. The number of carbonyl (C=O) groups is 1. The number of fused-ring (bicyclic) bond motifs is 3. The predicted octanol–water partition coefficient (Wildman–Crippen LogP) is 4.42. The number of aliphatic hydroxyl groups is 1. The van der Waals surface area contributed by atoms with E-state index in [2.05, 4.69) is 31.1 Å². The molecule has 0 aliphatic heterocycles. The summed E-state index contributed by atoms with van der Waals surface area (Å²) >= 11 is 0. The molecule has 2 saturated carbocycles. The highest BCUT2D eigenvalue weighted by Crippen LogP contribution is 2.65. The number of nitrogens with zero attached hydrogens (tertiary/aromatic N) is 1. The van der Waals surface area contributed by atoms with Gasteiger partial charge < -0.3 is 5.11 Å². The normalized spacial score (nSPS) is 33.9. The van der Waals surface area contributed by atoms with E-state index in [1.807, 2.05) is 48.5 Å². The summed E-state index contributed by atoms with van der Waals surface area (Å²) in [6.45, 7) is 0. The average molecular weight is 388 g/mol. The Morgan fingerprint density at radius 2 is 1.55 bits per heavy atom. The Bertz CT molecular complexity index is 965. The third kappa shape index (κ3) is 2.47. The number of hydrogen-bond acceptors (Lipinski definition) is 3. The zero-order chi connectivity index (χ0) is 20.2. The molecule has 2 aromatic rings. The van der Waals surface area contributed by atoms with E-state index >= 15 is 0 Å². The molecule has 0 bridgehead atoms. The van der Waals surface area contributed by atoms with Crippen molar-refractivity contribution in [3.8, 4) is 0 Å². The monoisotopic (exact) mass is 387 g/mol. The van der Waals surface area contributed by atoms with Gasteiger partial charge in [0, 0.05) is 5.57 Å². The lowest BCUT2D eigenvalue weighted by Gasteiger charge is -2.42. The number of ketones is 1. The van der Waals surface area contributed by atoms with Gasteiger partial charge in [-0.05, 0) is 56.0 Å². The first-order chi connectivity index (χ1) is 14.0. The van der Waals surface area contributed by atoms with Gasteiger partial charge in [0.1, 0.15) is 0 Å². The SMILES string of the molecule is CN(C)[C@@]12C[C@@H]3CCCC[C@]3(O)[C@@H]1C(=O)C(c1ccccc1)=C2c1ccccc1. The van der Waals surface area contributed by atoms with Crippen molar-refractivity contribution in [2.24, 2.45) is 11.8 Å². The van der Waals surface area contributed by atoms with E-state index in [4.69, 9.17) is 0 Å². The molecule has 0 heterocycles. The second-order valence-electron chi connectivity index (χ2n) is 9.24. The molecular formula is C26H29NO2. The topological polar surface area (TPSA) is 40.5 Å². The molecule has 3 aliphatic rings. The number of rotatable bonds is 3.